The van der Waals surface area contributed by atoms with Crippen LogP contribution in [0.5, 0.6) is 23.0 Å². The molecule has 0 aliphatic carbocycles. The average Bonchev–Trinajstić information content (AvgIpc) is 2.49. The molecule has 5 nitrogen and oxygen atoms in total. The highest BCUT2D eigenvalue weighted by Gasteiger charge is 2.12. The summed E-state index contributed by atoms with van der Waals surface area (Å²) >= 11 is 0. The molecule has 0 aromatic heterocycles. The standard InChI is InChI=1S/C15H17NO4/c1-18-14-7-11(16)13(8-15(14)19-2)20-12-6-4-3-5-10(12)9-17/h3-8,17H,9,16H2,1-2H3. The van der Waals surface area contributed by atoms with Crippen LogP contribution >= 0.6 is 0 Å². The third-order valence-electron chi connectivity index (χ3n) is 2.88. The van der Waals surface area contributed by atoms with Gasteiger partial charge in [0.15, 0.2) is 17.2 Å². The van der Waals surface area contributed by atoms with E-state index in [1.165, 1.54) is 0 Å². The molecule has 0 saturated heterocycles. The average molecular weight is 275 g/mol. The number of methoxy groups -OCH3 is 2. The van der Waals surface area contributed by atoms with Crippen molar-refractivity contribution in [1.29, 1.82) is 0 Å². The molecule has 0 heterocycles. The van der Waals surface area contributed by atoms with Gasteiger partial charge in [-0.25, -0.2) is 0 Å². The Bertz CT molecular complexity index is 598. The van der Waals surface area contributed by atoms with Crippen LogP contribution in [-0.4, -0.2) is 19.3 Å². The highest BCUT2D eigenvalue weighted by molar-refractivity contribution is 5.63. The molecule has 0 radical (unpaired) electrons. The lowest BCUT2D eigenvalue weighted by Gasteiger charge is -2.14. The zero-order chi connectivity index (χ0) is 14.5. The fourth-order valence-corrected chi connectivity index (χ4v) is 1.82. The van der Waals surface area contributed by atoms with Crippen LogP contribution in [0.2, 0.25) is 0 Å². The lowest BCUT2D eigenvalue weighted by molar-refractivity contribution is 0.276. The molecule has 2 aromatic carbocycles. The number of aliphatic hydroxyl groups excluding tert-OH is 1. The Balaban J connectivity index is 2.38. The number of nitrogen functional groups attached to an aromatic ring is 1. The molecular formula is C15H17NO4. The van der Waals surface area contributed by atoms with E-state index in [0.717, 1.165) is 0 Å². The Hall–Kier alpha value is -2.40. The second kappa shape index (κ2) is 6.16. The summed E-state index contributed by atoms with van der Waals surface area (Å²) in [6.45, 7) is -0.108. The lowest BCUT2D eigenvalue weighted by Crippen LogP contribution is -1.98. The number of nitrogens with two attached hydrogens (primary N) is 1. The minimum atomic E-state index is -0.108. The van der Waals surface area contributed by atoms with Crippen LogP contribution in [0.1, 0.15) is 5.56 Å². The van der Waals surface area contributed by atoms with E-state index in [2.05, 4.69) is 0 Å². The van der Waals surface area contributed by atoms with Crippen molar-refractivity contribution in [3.63, 3.8) is 0 Å². The van der Waals surface area contributed by atoms with E-state index in [-0.39, 0.29) is 6.61 Å². The third-order valence-corrected chi connectivity index (χ3v) is 2.88. The fraction of sp³-hybridized carbons (Fsp3) is 0.200. The van der Waals surface area contributed by atoms with E-state index in [4.69, 9.17) is 19.9 Å². The van der Waals surface area contributed by atoms with Gasteiger partial charge < -0.3 is 25.1 Å². The highest BCUT2D eigenvalue weighted by atomic mass is 16.5. The molecule has 0 saturated carbocycles. The van der Waals surface area contributed by atoms with Crippen molar-refractivity contribution in [3.05, 3.63) is 42.0 Å². The molecule has 0 unspecified atom stereocenters. The first-order valence-electron chi connectivity index (χ1n) is 6.07. The first-order valence-corrected chi connectivity index (χ1v) is 6.07. The van der Waals surface area contributed by atoms with Crippen molar-refractivity contribution in [3.8, 4) is 23.0 Å². The number of aliphatic hydroxyl groups is 1. The molecule has 2 aromatic rings. The van der Waals surface area contributed by atoms with Crippen LogP contribution in [0.3, 0.4) is 0 Å². The Morgan fingerprint density at radius 3 is 2.25 bits per heavy atom. The number of hydrogen-bond acceptors (Lipinski definition) is 5. The van der Waals surface area contributed by atoms with Gasteiger partial charge in [-0.1, -0.05) is 18.2 Å². The van der Waals surface area contributed by atoms with Crippen molar-refractivity contribution >= 4 is 5.69 Å². The van der Waals surface area contributed by atoms with Gasteiger partial charge in [-0.3, -0.25) is 0 Å². The summed E-state index contributed by atoms with van der Waals surface area (Å²) in [7, 11) is 3.08. The molecule has 3 N–H and O–H groups in total. The van der Waals surface area contributed by atoms with Gasteiger partial charge in [-0.05, 0) is 6.07 Å². The number of benzene rings is 2. The van der Waals surface area contributed by atoms with Crippen LogP contribution in [0, 0.1) is 0 Å². The second-order valence-electron chi connectivity index (χ2n) is 4.11. The molecular weight excluding hydrogens is 258 g/mol. The molecule has 0 amide bonds. The van der Waals surface area contributed by atoms with E-state index < -0.39 is 0 Å². The normalized spacial score (nSPS) is 10.2. The van der Waals surface area contributed by atoms with Gasteiger partial charge in [-0.2, -0.15) is 0 Å². The Morgan fingerprint density at radius 1 is 0.950 bits per heavy atom. The van der Waals surface area contributed by atoms with Gasteiger partial charge in [0.05, 0.1) is 26.5 Å². The zero-order valence-electron chi connectivity index (χ0n) is 11.4. The monoisotopic (exact) mass is 275 g/mol. The van der Waals surface area contributed by atoms with Crippen LogP contribution in [0.4, 0.5) is 5.69 Å². The lowest BCUT2D eigenvalue weighted by atomic mass is 10.2. The van der Waals surface area contributed by atoms with Crippen LogP contribution < -0.4 is 19.9 Å². The summed E-state index contributed by atoms with van der Waals surface area (Å²) in [6, 6.07) is 10.5. The predicted octanol–water partition coefficient (Wildman–Crippen LogP) is 2.57. The maximum atomic E-state index is 9.29. The summed E-state index contributed by atoms with van der Waals surface area (Å²) in [5, 5.41) is 9.29. The summed E-state index contributed by atoms with van der Waals surface area (Å²) in [4.78, 5) is 0. The zero-order valence-corrected chi connectivity index (χ0v) is 11.4. The first kappa shape index (κ1) is 14.0. The number of ether oxygens (including phenoxy) is 3. The maximum Gasteiger partial charge on any atom is 0.164 e. The van der Waals surface area contributed by atoms with Crippen LogP contribution in [0.15, 0.2) is 36.4 Å². The van der Waals surface area contributed by atoms with Crippen molar-refractivity contribution in [2.75, 3.05) is 20.0 Å². The molecule has 0 fully saturated rings. The Morgan fingerprint density at radius 2 is 1.60 bits per heavy atom. The Kier molecular flexibility index (Phi) is 4.32. The molecule has 0 aliphatic rings. The van der Waals surface area contributed by atoms with Crippen molar-refractivity contribution in [2.45, 2.75) is 6.61 Å². The van der Waals surface area contributed by atoms with Crippen LogP contribution in [0.25, 0.3) is 0 Å². The molecule has 20 heavy (non-hydrogen) atoms. The Labute approximate surface area is 117 Å². The van der Waals surface area contributed by atoms with Crippen molar-refractivity contribution < 1.29 is 19.3 Å². The minimum Gasteiger partial charge on any atom is -0.493 e. The van der Waals surface area contributed by atoms with E-state index in [1.807, 2.05) is 12.1 Å². The summed E-state index contributed by atoms with van der Waals surface area (Å²) in [6.07, 6.45) is 0. The first-order chi connectivity index (χ1) is 9.69. The quantitative estimate of drug-likeness (QED) is 0.820. The molecule has 0 bridgehead atoms. The van der Waals surface area contributed by atoms with Gasteiger partial charge >= 0.3 is 0 Å². The molecule has 0 atom stereocenters. The summed E-state index contributed by atoms with van der Waals surface area (Å²) in [5.74, 6) is 2.06. The van der Waals surface area contributed by atoms with Crippen molar-refractivity contribution in [1.82, 2.24) is 0 Å². The van der Waals surface area contributed by atoms with Gasteiger partial charge in [0, 0.05) is 17.7 Å². The molecule has 106 valence electrons. The van der Waals surface area contributed by atoms with Gasteiger partial charge in [0.25, 0.3) is 0 Å². The number of anilines is 1. The fourth-order valence-electron chi connectivity index (χ4n) is 1.82. The minimum absolute atomic E-state index is 0.108. The smallest absolute Gasteiger partial charge is 0.164 e. The predicted molar refractivity (Wildman–Crippen MR) is 76.4 cm³/mol. The molecule has 2 rings (SSSR count). The van der Waals surface area contributed by atoms with E-state index in [0.29, 0.717) is 34.2 Å². The number of para-hydroxylation sites is 1. The van der Waals surface area contributed by atoms with Crippen molar-refractivity contribution in [2.24, 2.45) is 0 Å². The third kappa shape index (κ3) is 2.78. The molecule has 5 heteroatoms. The van der Waals surface area contributed by atoms with Gasteiger partial charge in [0.1, 0.15) is 5.75 Å². The van der Waals surface area contributed by atoms with E-state index in [1.54, 1.807) is 38.5 Å². The maximum absolute atomic E-state index is 9.29. The largest absolute Gasteiger partial charge is 0.493 e. The topological polar surface area (TPSA) is 73.9 Å². The van der Waals surface area contributed by atoms with E-state index >= 15 is 0 Å². The summed E-state index contributed by atoms with van der Waals surface area (Å²) in [5.41, 5.74) is 7.05. The number of hydrogen-bond donors (Lipinski definition) is 2. The van der Waals surface area contributed by atoms with E-state index in [9.17, 15) is 5.11 Å². The number of rotatable bonds is 5. The second-order valence-corrected chi connectivity index (χ2v) is 4.11. The van der Waals surface area contributed by atoms with Gasteiger partial charge in [0.2, 0.25) is 0 Å². The SMILES string of the molecule is COc1cc(N)c(Oc2ccccc2CO)cc1OC. The van der Waals surface area contributed by atoms with Crippen LogP contribution in [-0.2, 0) is 6.61 Å². The van der Waals surface area contributed by atoms with Gasteiger partial charge in [-0.15, -0.1) is 0 Å². The highest BCUT2D eigenvalue weighted by Crippen LogP contribution is 2.38. The molecule has 0 spiro atoms. The molecule has 0 aliphatic heterocycles. The summed E-state index contributed by atoms with van der Waals surface area (Å²) < 4.78 is 16.1.